The van der Waals surface area contributed by atoms with Gasteiger partial charge in [0.2, 0.25) is 0 Å². The molecule has 0 unspecified atom stereocenters. The van der Waals surface area contributed by atoms with Gasteiger partial charge >= 0.3 is 6.18 Å². The molecular formula is C18H20F3NS2. The molecule has 6 heteroatoms. The van der Waals surface area contributed by atoms with Crippen LogP contribution in [-0.2, 0) is 6.18 Å². The number of alkyl halides is 3. The lowest BCUT2D eigenvalue weighted by Gasteiger charge is -2.33. The van der Waals surface area contributed by atoms with Crippen molar-refractivity contribution in [3.8, 4) is 11.1 Å². The van der Waals surface area contributed by atoms with E-state index in [1.54, 1.807) is 0 Å². The van der Waals surface area contributed by atoms with Crippen LogP contribution in [0.15, 0.2) is 35.7 Å². The van der Waals surface area contributed by atoms with Crippen LogP contribution in [0.2, 0.25) is 0 Å². The summed E-state index contributed by atoms with van der Waals surface area (Å²) >= 11 is 7.20. The molecule has 1 aromatic carbocycles. The number of halogens is 3. The van der Waals surface area contributed by atoms with Crippen LogP contribution in [0.4, 0.5) is 13.2 Å². The van der Waals surface area contributed by atoms with E-state index < -0.39 is 11.7 Å². The summed E-state index contributed by atoms with van der Waals surface area (Å²) in [6.45, 7) is 8.32. The Morgan fingerprint density at radius 3 is 2.00 bits per heavy atom. The largest absolute Gasteiger partial charge is 0.416 e. The standard InChI is InChI=1S/C18H20F3NS2/c1-11(2)22(12(3)4)17(23)16-15(9-10-24-16)13-5-7-14(8-6-13)18(19,20)21/h5-12H,1-4H3. The molecule has 1 aromatic heterocycles. The van der Waals surface area contributed by atoms with Gasteiger partial charge in [0.05, 0.1) is 10.4 Å². The molecule has 0 amide bonds. The number of benzene rings is 1. The van der Waals surface area contributed by atoms with Crippen molar-refractivity contribution in [2.45, 2.75) is 46.0 Å². The second-order valence-corrected chi connectivity index (χ2v) is 7.44. The molecule has 1 heterocycles. The first-order valence-electron chi connectivity index (χ1n) is 7.70. The minimum atomic E-state index is -4.32. The van der Waals surface area contributed by atoms with E-state index in [-0.39, 0.29) is 12.1 Å². The number of thiophene rings is 1. The monoisotopic (exact) mass is 371 g/mol. The Balaban J connectivity index is 2.38. The Labute approximate surface area is 150 Å². The first-order chi connectivity index (χ1) is 11.1. The van der Waals surface area contributed by atoms with Crippen LogP contribution in [0, 0.1) is 0 Å². The summed E-state index contributed by atoms with van der Waals surface area (Å²) in [5.41, 5.74) is 0.982. The molecule has 0 saturated heterocycles. The van der Waals surface area contributed by atoms with Gasteiger partial charge < -0.3 is 4.90 Å². The summed E-state index contributed by atoms with van der Waals surface area (Å²) in [4.78, 5) is 3.81. The van der Waals surface area contributed by atoms with Crippen LogP contribution in [0.5, 0.6) is 0 Å². The van der Waals surface area contributed by atoms with Crippen molar-refractivity contribution in [1.82, 2.24) is 4.90 Å². The maximum absolute atomic E-state index is 12.7. The van der Waals surface area contributed by atoms with Gasteiger partial charge in [-0.3, -0.25) is 0 Å². The van der Waals surface area contributed by atoms with Gasteiger partial charge in [-0.25, -0.2) is 0 Å². The van der Waals surface area contributed by atoms with Gasteiger partial charge in [-0.05, 0) is 56.8 Å². The van der Waals surface area contributed by atoms with Crippen LogP contribution < -0.4 is 0 Å². The molecular weight excluding hydrogens is 351 g/mol. The molecule has 0 bridgehead atoms. The van der Waals surface area contributed by atoms with Gasteiger partial charge in [0, 0.05) is 17.6 Å². The van der Waals surface area contributed by atoms with Crippen LogP contribution in [0.25, 0.3) is 11.1 Å². The molecule has 0 saturated carbocycles. The molecule has 2 aromatic rings. The summed E-state index contributed by atoms with van der Waals surface area (Å²) < 4.78 is 38.2. The summed E-state index contributed by atoms with van der Waals surface area (Å²) in [7, 11) is 0. The third-order valence-electron chi connectivity index (χ3n) is 3.73. The number of nitrogens with zero attached hydrogens (tertiary/aromatic N) is 1. The van der Waals surface area contributed by atoms with Gasteiger partial charge in [-0.15, -0.1) is 11.3 Å². The van der Waals surface area contributed by atoms with E-state index in [2.05, 4.69) is 32.6 Å². The topological polar surface area (TPSA) is 3.24 Å². The van der Waals surface area contributed by atoms with Crippen LogP contribution in [-0.4, -0.2) is 22.0 Å². The molecule has 1 nitrogen and oxygen atoms in total. The van der Waals surface area contributed by atoms with E-state index in [1.807, 2.05) is 11.4 Å². The van der Waals surface area contributed by atoms with E-state index >= 15 is 0 Å². The highest BCUT2D eigenvalue weighted by molar-refractivity contribution is 7.81. The molecule has 2 rings (SSSR count). The number of thiocarbonyl (C=S) groups is 1. The minimum absolute atomic E-state index is 0.250. The number of hydrogen-bond acceptors (Lipinski definition) is 2. The third-order valence-corrected chi connectivity index (χ3v) is 5.20. The molecule has 0 radical (unpaired) electrons. The smallest absolute Gasteiger partial charge is 0.357 e. The molecule has 0 aliphatic rings. The highest BCUT2D eigenvalue weighted by Crippen LogP contribution is 2.34. The van der Waals surface area contributed by atoms with E-state index in [0.29, 0.717) is 0 Å². The second-order valence-electron chi connectivity index (χ2n) is 6.14. The van der Waals surface area contributed by atoms with Gasteiger partial charge in [0.15, 0.2) is 0 Å². The summed E-state index contributed by atoms with van der Waals surface area (Å²) in [5, 5.41) is 1.92. The Morgan fingerprint density at radius 2 is 1.54 bits per heavy atom. The zero-order valence-electron chi connectivity index (χ0n) is 14.0. The molecule has 130 valence electrons. The molecule has 0 atom stereocenters. The van der Waals surface area contributed by atoms with Crippen LogP contribution in [0.3, 0.4) is 0 Å². The van der Waals surface area contributed by atoms with Crippen molar-refractivity contribution >= 4 is 28.5 Å². The zero-order valence-corrected chi connectivity index (χ0v) is 15.6. The zero-order chi connectivity index (χ0) is 18.1. The average Bonchev–Trinajstić information content (AvgIpc) is 2.95. The highest BCUT2D eigenvalue weighted by atomic mass is 32.1. The lowest BCUT2D eigenvalue weighted by Crippen LogP contribution is -2.41. The lowest BCUT2D eigenvalue weighted by molar-refractivity contribution is -0.137. The fourth-order valence-electron chi connectivity index (χ4n) is 2.72. The second kappa shape index (κ2) is 7.23. The van der Waals surface area contributed by atoms with E-state index in [9.17, 15) is 13.2 Å². The SMILES string of the molecule is CC(C)N(C(=S)c1sccc1-c1ccc(C(F)(F)F)cc1)C(C)C. The van der Waals surface area contributed by atoms with Crippen LogP contribution >= 0.6 is 23.6 Å². The van der Waals surface area contributed by atoms with Crippen molar-refractivity contribution in [1.29, 1.82) is 0 Å². The maximum Gasteiger partial charge on any atom is 0.416 e. The van der Waals surface area contributed by atoms with Crippen molar-refractivity contribution in [3.63, 3.8) is 0 Å². The third kappa shape index (κ3) is 3.98. The Hall–Kier alpha value is -1.40. The minimum Gasteiger partial charge on any atom is -0.357 e. The predicted molar refractivity (Wildman–Crippen MR) is 98.6 cm³/mol. The Kier molecular flexibility index (Phi) is 5.71. The van der Waals surface area contributed by atoms with Crippen molar-refractivity contribution < 1.29 is 13.2 Å². The van der Waals surface area contributed by atoms with Crippen LogP contribution in [0.1, 0.15) is 38.1 Å². The molecule has 0 aliphatic heterocycles. The van der Waals surface area contributed by atoms with Gasteiger partial charge in [0.25, 0.3) is 0 Å². The molecule has 0 N–H and O–H groups in total. The first kappa shape index (κ1) is 18.9. The van der Waals surface area contributed by atoms with Crippen molar-refractivity contribution in [2.75, 3.05) is 0 Å². The Morgan fingerprint density at radius 1 is 1.00 bits per heavy atom. The molecule has 0 spiro atoms. The number of rotatable bonds is 4. The lowest BCUT2D eigenvalue weighted by atomic mass is 10.0. The van der Waals surface area contributed by atoms with Gasteiger partial charge in [0.1, 0.15) is 4.99 Å². The maximum atomic E-state index is 12.7. The quantitative estimate of drug-likeness (QED) is 0.586. The van der Waals surface area contributed by atoms with Gasteiger partial charge in [-0.2, -0.15) is 13.2 Å². The van der Waals surface area contributed by atoms with E-state index in [1.165, 1.54) is 23.5 Å². The summed E-state index contributed by atoms with van der Waals surface area (Å²) in [6.07, 6.45) is -4.32. The first-order valence-corrected chi connectivity index (χ1v) is 8.99. The summed E-state index contributed by atoms with van der Waals surface area (Å²) in [5.74, 6) is 0. The van der Waals surface area contributed by atoms with Crippen molar-refractivity contribution in [2.24, 2.45) is 0 Å². The van der Waals surface area contributed by atoms with Crippen molar-refractivity contribution in [3.05, 3.63) is 46.2 Å². The average molecular weight is 371 g/mol. The highest BCUT2D eigenvalue weighted by Gasteiger charge is 2.30. The molecule has 0 fully saturated rings. The Bertz CT molecular complexity index is 692. The van der Waals surface area contributed by atoms with E-state index in [0.717, 1.165) is 33.1 Å². The fourth-order valence-corrected chi connectivity index (χ4v) is 4.26. The normalized spacial score (nSPS) is 12.0. The predicted octanol–water partition coefficient (Wildman–Crippen LogP) is 6.23. The van der Waals surface area contributed by atoms with Gasteiger partial charge in [-0.1, -0.05) is 24.4 Å². The number of hydrogen-bond donors (Lipinski definition) is 0. The molecule has 0 aliphatic carbocycles. The summed E-state index contributed by atoms with van der Waals surface area (Å²) in [6, 6.07) is 7.65. The fraction of sp³-hybridized carbons (Fsp3) is 0.389. The molecule has 24 heavy (non-hydrogen) atoms. The van der Waals surface area contributed by atoms with E-state index in [4.69, 9.17) is 12.2 Å².